The molecule has 2 aromatic rings. The van der Waals surface area contributed by atoms with Crippen LogP contribution in [-0.2, 0) is 0 Å². The lowest BCUT2D eigenvalue weighted by Gasteiger charge is -2.03. The molecule has 2 aromatic heterocycles. The van der Waals surface area contributed by atoms with E-state index in [9.17, 15) is 0 Å². The fourth-order valence-corrected chi connectivity index (χ4v) is 1.13. The zero-order valence-electron chi connectivity index (χ0n) is 8.79. The summed E-state index contributed by atoms with van der Waals surface area (Å²) in [6.45, 7) is 2.09. The van der Waals surface area contributed by atoms with Crippen molar-refractivity contribution in [3.8, 4) is 23.5 Å². The molecule has 0 radical (unpaired) electrons. The first-order valence-corrected chi connectivity index (χ1v) is 4.73. The smallest absolute Gasteiger partial charge is 0.219 e. The van der Waals surface area contributed by atoms with Crippen LogP contribution in [0.5, 0.6) is 5.88 Å². The van der Waals surface area contributed by atoms with Gasteiger partial charge >= 0.3 is 0 Å². The van der Waals surface area contributed by atoms with E-state index < -0.39 is 0 Å². The van der Waals surface area contributed by atoms with Crippen LogP contribution in [0.15, 0.2) is 31.1 Å². The van der Waals surface area contributed by atoms with Gasteiger partial charge in [0.15, 0.2) is 6.61 Å². The number of rotatable bonds is 3. The van der Waals surface area contributed by atoms with Crippen LogP contribution in [0.1, 0.15) is 6.92 Å². The Morgan fingerprint density at radius 3 is 3.12 bits per heavy atom. The van der Waals surface area contributed by atoms with Crippen LogP contribution < -0.4 is 4.74 Å². The van der Waals surface area contributed by atoms with E-state index in [1.54, 1.807) is 36.3 Å². The molecule has 2 rings (SSSR count). The highest BCUT2D eigenvalue weighted by molar-refractivity contribution is 5.26. The number of nitrogens with zero attached hydrogens (tertiary/aromatic N) is 4. The minimum Gasteiger partial charge on any atom is -0.464 e. The van der Waals surface area contributed by atoms with Gasteiger partial charge in [-0.15, -0.1) is 5.92 Å². The number of ether oxygens (including phenoxy) is 1. The molecule has 0 aliphatic heterocycles. The zero-order chi connectivity index (χ0) is 11.2. The van der Waals surface area contributed by atoms with Crippen LogP contribution in [0.3, 0.4) is 0 Å². The Bertz CT molecular complexity index is 510. The Morgan fingerprint density at radius 2 is 2.38 bits per heavy atom. The van der Waals surface area contributed by atoms with E-state index >= 15 is 0 Å². The number of hydrogen-bond donors (Lipinski definition) is 0. The van der Waals surface area contributed by atoms with Gasteiger partial charge in [-0.25, -0.2) is 15.0 Å². The second kappa shape index (κ2) is 4.94. The van der Waals surface area contributed by atoms with Gasteiger partial charge in [0.1, 0.15) is 18.5 Å². The molecule has 0 spiro atoms. The summed E-state index contributed by atoms with van der Waals surface area (Å²) in [7, 11) is 0. The summed E-state index contributed by atoms with van der Waals surface area (Å²) in [6.07, 6.45) is 6.60. The third-order valence-electron chi connectivity index (χ3n) is 1.87. The maximum Gasteiger partial charge on any atom is 0.219 e. The predicted molar refractivity (Wildman–Crippen MR) is 58.1 cm³/mol. The SMILES string of the molecule is CC#CCOc1cc(-n2ccnc2)ncn1. The van der Waals surface area contributed by atoms with E-state index in [0.29, 0.717) is 18.3 Å². The molecule has 5 heteroatoms. The van der Waals surface area contributed by atoms with Crippen molar-refractivity contribution in [2.24, 2.45) is 0 Å². The van der Waals surface area contributed by atoms with Crippen molar-refractivity contribution in [3.63, 3.8) is 0 Å². The molecular weight excluding hydrogens is 204 g/mol. The van der Waals surface area contributed by atoms with E-state index in [4.69, 9.17) is 4.74 Å². The van der Waals surface area contributed by atoms with Crippen molar-refractivity contribution in [1.29, 1.82) is 0 Å². The van der Waals surface area contributed by atoms with Gasteiger partial charge in [-0.3, -0.25) is 4.57 Å². The standard InChI is InChI=1S/C11H10N4O/c1-2-3-6-16-11-7-10(13-8-14-11)15-5-4-12-9-15/h4-5,7-9H,6H2,1H3. The Morgan fingerprint density at radius 1 is 1.44 bits per heavy atom. The minimum absolute atomic E-state index is 0.330. The quantitative estimate of drug-likeness (QED) is 0.717. The molecule has 0 bridgehead atoms. The van der Waals surface area contributed by atoms with E-state index in [0.717, 1.165) is 0 Å². The Balaban J connectivity index is 2.16. The van der Waals surface area contributed by atoms with Crippen molar-refractivity contribution in [2.45, 2.75) is 6.92 Å². The molecule has 2 heterocycles. The highest BCUT2D eigenvalue weighted by atomic mass is 16.5. The first kappa shape index (κ1) is 10.2. The van der Waals surface area contributed by atoms with Gasteiger partial charge in [-0.2, -0.15) is 0 Å². The van der Waals surface area contributed by atoms with Crippen LogP contribution in [0, 0.1) is 11.8 Å². The van der Waals surface area contributed by atoms with E-state index in [2.05, 4.69) is 26.8 Å². The van der Waals surface area contributed by atoms with Crippen molar-refractivity contribution in [3.05, 3.63) is 31.1 Å². The maximum absolute atomic E-state index is 5.33. The van der Waals surface area contributed by atoms with Gasteiger partial charge in [-0.05, 0) is 6.92 Å². The average molecular weight is 214 g/mol. The predicted octanol–water partition coefficient (Wildman–Crippen LogP) is 1.06. The number of imidazole rings is 1. The normalized spacial score (nSPS) is 9.31. The lowest BCUT2D eigenvalue weighted by Crippen LogP contribution is -2.00. The Kier molecular flexibility index (Phi) is 3.14. The van der Waals surface area contributed by atoms with E-state index in [-0.39, 0.29) is 0 Å². The molecular formula is C11H10N4O. The van der Waals surface area contributed by atoms with E-state index in [1.165, 1.54) is 6.33 Å². The highest BCUT2D eigenvalue weighted by Gasteiger charge is 2.00. The molecule has 80 valence electrons. The third kappa shape index (κ3) is 2.36. The lowest BCUT2D eigenvalue weighted by molar-refractivity contribution is 0.354. The van der Waals surface area contributed by atoms with Crippen LogP contribution in [0.4, 0.5) is 0 Å². The van der Waals surface area contributed by atoms with Crippen LogP contribution in [-0.4, -0.2) is 26.1 Å². The van der Waals surface area contributed by atoms with Crippen molar-refractivity contribution in [2.75, 3.05) is 6.61 Å². The number of aromatic nitrogens is 4. The number of hydrogen-bond acceptors (Lipinski definition) is 4. The molecule has 0 saturated heterocycles. The topological polar surface area (TPSA) is 52.8 Å². The average Bonchev–Trinajstić information content (AvgIpc) is 2.83. The summed E-state index contributed by atoms with van der Waals surface area (Å²) >= 11 is 0. The zero-order valence-corrected chi connectivity index (χ0v) is 8.79. The molecule has 0 fully saturated rings. The fraction of sp³-hybridized carbons (Fsp3) is 0.182. The summed E-state index contributed by atoms with van der Waals surface area (Å²) in [6, 6.07) is 1.74. The Hall–Kier alpha value is -2.35. The van der Waals surface area contributed by atoms with Crippen molar-refractivity contribution in [1.82, 2.24) is 19.5 Å². The van der Waals surface area contributed by atoms with Crippen molar-refractivity contribution < 1.29 is 4.74 Å². The lowest BCUT2D eigenvalue weighted by atomic mass is 10.5. The molecule has 0 aliphatic rings. The second-order valence-corrected chi connectivity index (χ2v) is 2.90. The molecule has 0 amide bonds. The fourth-order valence-electron chi connectivity index (χ4n) is 1.13. The molecule has 0 aliphatic carbocycles. The molecule has 0 N–H and O–H groups in total. The highest BCUT2D eigenvalue weighted by Crippen LogP contribution is 2.09. The molecule has 0 unspecified atom stereocenters. The Labute approximate surface area is 93.1 Å². The van der Waals surface area contributed by atoms with Crippen LogP contribution in [0.2, 0.25) is 0 Å². The molecule has 0 aromatic carbocycles. The van der Waals surface area contributed by atoms with Gasteiger partial charge in [0.2, 0.25) is 5.88 Å². The minimum atomic E-state index is 0.330. The maximum atomic E-state index is 5.33. The van der Waals surface area contributed by atoms with E-state index in [1.807, 2.05) is 0 Å². The van der Waals surface area contributed by atoms with Crippen LogP contribution in [0.25, 0.3) is 5.82 Å². The van der Waals surface area contributed by atoms with Crippen molar-refractivity contribution >= 4 is 0 Å². The first-order chi connectivity index (χ1) is 7.90. The summed E-state index contributed by atoms with van der Waals surface area (Å²) < 4.78 is 7.10. The molecule has 0 saturated carbocycles. The molecule has 16 heavy (non-hydrogen) atoms. The van der Waals surface area contributed by atoms with Gasteiger partial charge in [0.05, 0.1) is 0 Å². The monoisotopic (exact) mass is 214 g/mol. The van der Waals surface area contributed by atoms with Gasteiger partial charge in [0.25, 0.3) is 0 Å². The molecule has 0 atom stereocenters. The van der Waals surface area contributed by atoms with Gasteiger partial charge in [-0.1, -0.05) is 5.92 Å². The van der Waals surface area contributed by atoms with Gasteiger partial charge in [0, 0.05) is 18.5 Å². The largest absolute Gasteiger partial charge is 0.464 e. The second-order valence-electron chi connectivity index (χ2n) is 2.90. The first-order valence-electron chi connectivity index (χ1n) is 4.73. The summed E-state index contributed by atoms with van der Waals surface area (Å²) in [5.74, 6) is 6.76. The van der Waals surface area contributed by atoms with Crippen LogP contribution >= 0.6 is 0 Å². The molecule has 5 nitrogen and oxygen atoms in total. The summed E-state index contributed by atoms with van der Waals surface area (Å²) in [4.78, 5) is 12.0. The third-order valence-corrected chi connectivity index (χ3v) is 1.87. The van der Waals surface area contributed by atoms with Gasteiger partial charge < -0.3 is 4.74 Å². The summed E-state index contributed by atoms with van der Waals surface area (Å²) in [5, 5.41) is 0. The summed E-state index contributed by atoms with van der Waals surface area (Å²) in [5.41, 5.74) is 0.